The molecule has 0 atom stereocenters. The fourth-order valence-corrected chi connectivity index (χ4v) is 3.78. The van der Waals surface area contributed by atoms with E-state index in [1.54, 1.807) is 11.3 Å². The van der Waals surface area contributed by atoms with Gasteiger partial charge in [0, 0.05) is 22.2 Å². The molecule has 0 saturated heterocycles. The minimum Gasteiger partial charge on any atom is -0.310 e. The first-order valence-electron chi connectivity index (χ1n) is 7.36. The van der Waals surface area contributed by atoms with Crippen molar-refractivity contribution in [2.45, 2.75) is 13.0 Å². The number of nitrogens with one attached hydrogen (secondary N) is 1. The van der Waals surface area contributed by atoms with E-state index in [0.29, 0.717) is 0 Å². The summed E-state index contributed by atoms with van der Waals surface area (Å²) in [5, 5.41) is 5.34. The summed E-state index contributed by atoms with van der Waals surface area (Å²) in [6, 6.07) is 16.3. The molecule has 2 aromatic carbocycles. The van der Waals surface area contributed by atoms with Gasteiger partial charge in [0.15, 0.2) is 0 Å². The Morgan fingerprint density at radius 2 is 2.00 bits per heavy atom. The number of nitrogens with zero attached hydrogens (tertiary/aromatic N) is 1. The van der Waals surface area contributed by atoms with Crippen LogP contribution in [0.15, 0.2) is 59.2 Å². The molecule has 0 radical (unpaired) electrons. The number of rotatable bonds is 6. The van der Waals surface area contributed by atoms with Crippen molar-refractivity contribution in [2.75, 3.05) is 6.54 Å². The van der Waals surface area contributed by atoms with Crippen molar-refractivity contribution >= 4 is 38.9 Å². The molecule has 0 aliphatic heterocycles. The topological polar surface area (TPSA) is 24.9 Å². The van der Waals surface area contributed by atoms with Gasteiger partial charge in [-0.1, -0.05) is 51.8 Å². The molecule has 1 heterocycles. The Labute approximate surface area is 153 Å². The second-order valence-electron chi connectivity index (χ2n) is 5.19. The Bertz CT molecular complexity index is 788. The van der Waals surface area contributed by atoms with Crippen molar-refractivity contribution in [1.29, 1.82) is 0 Å². The third-order valence-corrected chi connectivity index (χ3v) is 5.19. The molecule has 0 saturated carbocycles. The average molecular weight is 408 g/mol. The average Bonchev–Trinajstić information content (AvgIpc) is 3.01. The summed E-state index contributed by atoms with van der Waals surface area (Å²) in [4.78, 5) is 5.69. The Kier molecular flexibility index (Phi) is 5.84. The van der Waals surface area contributed by atoms with E-state index in [0.717, 1.165) is 34.0 Å². The summed E-state index contributed by atoms with van der Waals surface area (Å²) >= 11 is 11.2. The monoisotopic (exact) mass is 406 g/mol. The molecule has 5 heteroatoms. The van der Waals surface area contributed by atoms with Crippen LogP contribution in [0.3, 0.4) is 0 Å². The van der Waals surface area contributed by atoms with E-state index in [-0.39, 0.29) is 0 Å². The molecule has 1 N–H and O–H groups in total. The van der Waals surface area contributed by atoms with E-state index in [9.17, 15) is 0 Å². The zero-order valence-electron chi connectivity index (χ0n) is 12.4. The summed E-state index contributed by atoms with van der Waals surface area (Å²) < 4.78 is 1.09. The molecule has 0 aliphatic carbocycles. The molecule has 2 nitrogen and oxygen atoms in total. The first kappa shape index (κ1) is 16.7. The Balaban J connectivity index is 1.51. The van der Waals surface area contributed by atoms with Crippen LogP contribution in [0.5, 0.6) is 0 Å². The van der Waals surface area contributed by atoms with Crippen molar-refractivity contribution in [3.05, 3.63) is 74.8 Å². The second-order valence-corrected chi connectivity index (χ2v) is 7.65. The number of hydrogen-bond donors (Lipinski definition) is 1. The standard InChI is InChI=1S/C18H16BrClN2S/c19-15-5-2-4-14(10-15)17-11-22-18(23-17)12-21-8-7-13-3-1-6-16(20)9-13/h1-6,9-11,21H,7-8,12H2. The Hall–Kier alpha value is -1.20. The summed E-state index contributed by atoms with van der Waals surface area (Å²) in [6.45, 7) is 1.70. The zero-order valence-corrected chi connectivity index (χ0v) is 15.6. The molecule has 3 rings (SSSR count). The van der Waals surface area contributed by atoms with Gasteiger partial charge in [-0.3, -0.25) is 0 Å². The van der Waals surface area contributed by atoms with Crippen LogP contribution >= 0.6 is 38.9 Å². The van der Waals surface area contributed by atoms with Gasteiger partial charge in [-0.15, -0.1) is 11.3 Å². The number of benzene rings is 2. The third-order valence-electron chi connectivity index (χ3n) is 3.42. The maximum atomic E-state index is 5.99. The van der Waals surface area contributed by atoms with E-state index < -0.39 is 0 Å². The normalized spacial score (nSPS) is 10.9. The third kappa shape index (κ3) is 4.88. The molecule has 0 fully saturated rings. The highest BCUT2D eigenvalue weighted by Gasteiger charge is 2.05. The van der Waals surface area contributed by atoms with E-state index in [1.807, 2.05) is 36.5 Å². The van der Waals surface area contributed by atoms with Crippen molar-refractivity contribution in [1.82, 2.24) is 10.3 Å². The molecule has 0 aliphatic rings. The maximum absolute atomic E-state index is 5.99. The summed E-state index contributed by atoms with van der Waals surface area (Å²) in [5.74, 6) is 0. The molecule has 0 spiro atoms. The van der Waals surface area contributed by atoms with Crippen molar-refractivity contribution < 1.29 is 0 Å². The van der Waals surface area contributed by atoms with Gasteiger partial charge < -0.3 is 5.32 Å². The Morgan fingerprint density at radius 3 is 2.83 bits per heavy atom. The van der Waals surface area contributed by atoms with E-state index in [4.69, 9.17) is 11.6 Å². The molecule has 0 unspecified atom stereocenters. The van der Waals surface area contributed by atoms with Gasteiger partial charge in [0.05, 0.1) is 4.88 Å². The summed E-state index contributed by atoms with van der Waals surface area (Å²) in [7, 11) is 0. The number of hydrogen-bond acceptors (Lipinski definition) is 3. The fraction of sp³-hybridized carbons (Fsp3) is 0.167. The maximum Gasteiger partial charge on any atom is 0.107 e. The quantitative estimate of drug-likeness (QED) is 0.541. The lowest BCUT2D eigenvalue weighted by atomic mass is 10.1. The van der Waals surface area contributed by atoms with Crippen molar-refractivity contribution in [3.8, 4) is 10.4 Å². The molecule has 23 heavy (non-hydrogen) atoms. The molecule has 118 valence electrons. The van der Waals surface area contributed by atoms with Crippen LogP contribution in [0.2, 0.25) is 5.02 Å². The van der Waals surface area contributed by atoms with Crippen LogP contribution in [0.1, 0.15) is 10.6 Å². The van der Waals surface area contributed by atoms with Crippen LogP contribution in [0.25, 0.3) is 10.4 Å². The van der Waals surface area contributed by atoms with Gasteiger partial charge >= 0.3 is 0 Å². The smallest absolute Gasteiger partial charge is 0.107 e. The number of aromatic nitrogens is 1. The van der Waals surface area contributed by atoms with Crippen LogP contribution in [0, 0.1) is 0 Å². The highest BCUT2D eigenvalue weighted by Crippen LogP contribution is 2.28. The molecular weight excluding hydrogens is 392 g/mol. The predicted octanol–water partition coefficient (Wildman–Crippen LogP) is 5.56. The highest BCUT2D eigenvalue weighted by molar-refractivity contribution is 9.10. The molecule has 1 aromatic heterocycles. The Morgan fingerprint density at radius 1 is 1.13 bits per heavy atom. The largest absolute Gasteiger partial charge is 0.310 e. The van der Waals surface area contributed by atoms with Gasteiger partial charge in [0.1, 0.15) is 5.01 Å². The van der Waals surface area contributed by atoms with E-state index in [2.05, 4.69) is 44.4 Å². The van der Waals surface area contributed by atoms with Gasteiger partial charge in [0.2, 0.25) is 0 Å². The lowest BCUT2D eigenvalue weighted by molar-refractivity contribution is 0.684. The van der Waals surface area contributed by atoms with Crippen LogP contribution in [0.4, 0.5) is 0 Å². The first-order chi connectivity index (χ1) is 11.2. The van der Waals surface area contributed by atoms with Crippen LogP contribution in [-0.2, 0) is 13.0 Å². The summed E-state index contributed by atoms with van der Waals surface area (Å²) in [6.07, 6.45) is 2.91. The highest BCUT2D eigenvalue weighted by atomic mass is 79.9. The molecular formula is C18H16BrClN2S. The lowest BCUT2D eigenvalue weighted by Gasteiger charge is -2.03. The van der Waals surface area contributed by atoms with Gasteiger partial charge in [-0.05, 0) is 48.4 Å². The molecule has 0 amide bonds. The molecule has 3 aromatic rings. The SMILES string of the molecule is Clc1cccc(CCNCc2ncc(-c3cccc(Br)c3)s2)c1. The first-order valence-corrected chi connectivity index (χ1v) is 9.35. The molecule has 0 bridgehead atoms. The minimum absolute atomic E-state index is 0.791. The van der Waals surface area contributed by atoms with Crippen molar-refractivity contribution in [2.24, 2.45) is 0 Å². The number of halogens is 2. The van der Waals surface area contributed by atoms with Gasteiger partial charge in [0.25, 0.3) is 0 Å². The minimum atomic E-state index is 0.791. The van der Waals surface area contributed by atoms with Gasteiger partial charge in [-0.2, -0.15) is 0 Å². The van der Waals surface area contributed by atoms with E-state index in [1.165, 1.54) is 16.0 Å². The zero-order chi connectivity index (χ0) is 16.1. The fourth-order valence-electron chi connectivity index (χ4n) is 2.29. The lowest BCUT2D eigenvalue weighted by Crippen LogP contribution is -2.16. The summed E-state index contributed by atoms with van der Waals surface area (Å²) in [5.41, 5.74) is 2.45. The second kappa shape index (κ2) is 8.06. The van der Waals surface area contributed by atoms with Crippen LogP contribution in [-0.4, -0.2) is 11.5 Å². The van der Waals surface area contributed by atoms with Gasteiger partial charge in [-0.25, -0.2) is 4.98 Å². The van der Waals surface area contributed by atoms with Crippen molar-refractivity contribution in [3.63, 3.8) is 0 Å². The van der Waals surface area contributed by atoms with Crippen LogP contribution < -0.4 is 5.32 Å². The number of thiazole rings is 1. The van der Waals surface area contributed by atoms with E-state index >= 15 is 0 Å². The predicted molar refractivity (Wildman–Crippen MR) is 102 cm³/mol.